The first kappa shape index (κ1) is 44.2. The van der Waals surface area contributed by atoms with Gasteiger partial charge in [0.05, 0.1) is 0 Å². The molecule has 0 saturated carbocycles. The molecular weight excluding hydrogens is 767 g/mol. The van der Waals surface area contributed by atoms with Crippen molar-refractivity contribution in [3.63, 3.8) is 0 Å². The fraction of sp³-hybridized carbons (Fsp3) is 0.375. The normalized spacial score (nSPS) is 11.6. The van der Waals surface area contributed by atoms with Gasteiger partial charge in [-0.15, -0.1) is 69.1 Å². The number of hydrogen-bond donors (Lipinski definition) is 0. The van der Waals surface area contributed by atoms with Gasteiger partial charge in [-0.3, -0.25) is 0 Å². The molecule has 0 atom stereocenters. The Balaban J connectivity index is 0.000000244. The fourth-order valence-corrected chi connectivity index (χ4v) is 6.28. The second-order valence-electron chi connectivity index (χ2n) is 17.3. The molecule has 0 saturated heterocycles. The zero-order valence-corrected chi connectivity index (χ0v) is 39.1. The third-order valence-electron chi connectivity index (χ3n) is 9.37. The summed E-state index contributed by atoms with van der Waals surface area (Å²) in [5.74, 6) is 0.573. The van der Waals surface area contributed by atoms with Crippen LogP contribution in [-0.4, -0.2) is 9.52 Å². The minimum absolute atomic E-state index is 0.145. The Kier molecular flexibility index (Phi) is 16.0. The maximum atomic E-state index is 4.93. The molecule has 0 N–H and O–H groups in total. The van der Waals surface area contributed by atoms with Crippen molar-refractivity contribution in [2.24, 2.45) is 0 Å². The minimum atomic E-state index is -0.826. The van der Waals surface area contributed by atoms with E-state index in [1.807, 2.05) is 0 Å². The van der Waals surface area contributed by atoms with E-state index in [2.05, 4.69) is 199 Å². The van der Waals surface area contributed by atoms with Crippen molar-refractivity contribution in [2.45, 2.75) is 118 Å². The molecule has 52 heavy (non-hydrogen) atoms. The molecular formula is C48H60Cl2SiZr. The Morgan fingerprint density at radius 3 is 1.42 bits per heavy atom. The van der Waals surface area contributed by atoms with E-state index >= 15 is 0 Å². The number of aryl methyl sites for hydroxylation is 1. The van der Waals surface area contributed by atoms with Crippen molar-refractivity contribution >= 4 is 48.1 Å². The Bertz CT molecular complexity index is 1970. The molecule has 274 valence electrons. The second-order valence-corrected chi connectivity index (χ2v) is 22.0. The topological polar surface area (TPSA) is 0 Å². The van der Waals surface area contributed by atoms with E-state index in [4.69, 9.17) is 17.0 Å². The van der Waals surface area contributed by atoms with Crippen molar-refractivity contribution < 1.29 is 20.8 Å². The van der Waals surface area contributed by atoms with Gasteiger partial charge < -0.3 is 0 Å². The molecule has 6 aromatic carbocycles. The fourth-order valence-electron chi connectivity index (χ4n) is 6.28. The van der Waals surface area contributed by atoms with Gasteiger partial charge in [0.2, 0.25) is 0 Å². The molecule has 0 unspecified atom stereocenters. The van der Waals surface area contributed by atoms with E-state index in [-0.39, 0.29) is 16.2 Å². The van der Waals surface area contributed by atoms with Crippen molar-refractivity contribution in [3.8, 4) is 22.3 Å². The van der Waals surface area contributed by atoms with Gasteiger partial charge in [-0.1, -0.05) is 162 Å². The Labute approximate surface area is 338 Å². The average molecular weight is 827 g/mol. The molecule has 0 spiro atoms. The molecule has 2 radical (unpaired) electrons. The van der Waals surface area contributed by atoms with Gasteiger partial charge in [-0.05, 0) is 50.0 Å². The summed E-state index contributed by atoms with van der Waals surface area (Å²) in [6.45, 7) is 31.6. The average Bonchev–Trinajstić information content (AvgIpc) is 3.68. The summed E-state index contributed by atoms with van der Waals surface area (Å²) in [5, 5.41) is 5.42. The van der Waals surface area contributed by atoms with Crippen LogP contribution in [0.5, 0.6) is 0 Å². The van der Waals surface area contributed by atoms with Gasteiger partial charge in [-0.25, -0.2) is 0 Å². The van der Waals surface area contributed by atoms with Crippen LogP contribution in [-0.2, 0) is 37.1 Å². The van der Waals surface area contributed by atoms with Crippen LogP contribution in [0.1, 0.15) is 110 Å². The van der Waals surface area contributed by atoms with Gasteiger partial charge in [-0.2, -0.15) is 12.1 Å². The molecule has 4 heteroatoms. The summed E-state index contributed by atoms with van der Waals surface area (Å²) in [5.41, 5.74) is 12.8. The van der Waals surface area contributed by atoms with E-state index in [1.165, 1.54) is 71.6 Å². The molecule has 0 fully saturated rings. The molecule has 0 nitrogen and oxygen atoms in total. The summed E-state index contributed by atoms with van der Waals surface area (Å²) in [6, 6.07) is 38.7. The number of halogens is 2. The van der Waals surface area contributed by atoms with E-state index in [0.29, 0.717) is 5.92 Å². The zero-order valence-electron chi connectivity index (χ0n) is 34.1. The van der Waals surface area contributed by atoms with Crippen molar-refractivity contribution in [1.82, 2.24) is 0 Å². The number of rotatable bonds is 3. The van der Waals surface area contributed by atoms with Crippen LogP contribution >= 0.6 is 17.0 Å². The van der Waals surface area contributed by atoms with Crippen molar-refractivity contribution in [2.75, 3.05) is 0 Å². The quantitative estimate of drug-likeness (QED) is 0.123. The molecule has 0 aliphatic carbocycles. The molecule has 0 aromatic heterocycles. The first-order valence-corrected chi connectivity index (χ1v) is 26.8. The molecule has 6 aromatic rings. The van der Waals surface area contributed by atoms with Crippen LogP contribution in [0, 0.1) is 6.92 Å². The molecule has 0 aliphatic rings. The van der Waals surface area contributed by atoms with Gasteiger partial charge >= 0.3 is 37.9 Å². The third-order valence-corrected chi connectivity index (χ3v) is 9.37. The van der Waals surface area contributed by atoms with Crippen LogP contribution < -0.4 is 0 Å². The molecule has 0 bridgehead atoms. The molecule has 0 heterocycles. The Morgan fingerprint density at radius 2 is 0.981 bits per heavy atom. The van der Waals surface area contributed by atoms with E-state index in [9.17, 15) is 0 Å². The standard InChI is InChI=1S/C24H29.C22H25.C2H6Si.2ClH.Zr/c1-16-11-17-9-8-10-21(22(17)12-16)18-13-19(23(2,3)4)15-20(14-18)24(5,6)7;1-15(2)18-13-17-7-6-8-20(21(17)14-18)16-9-11-19(12-10-16)22(3,4)5;1-3-2;;;/h8-15H,1-7H3;6-15H,1-5H3;1-2H3;2*1H;/q2*-1;;;;+4/p-2. The van der Waals surface area contributed by atoms with E-state index < -0.39 is 20.8 Å². The number of benzene rings is 4. The van der Waals surface area contributed by atoms with E-state index in [0.717, 1.165) is 9.52 Å². The number of fused-ring (bicyclic) bond motifs is 2. The molecule has 0 aliphatic heterocycles. The second kappa shape index (κ2) is 18.9. The molecule has 6 rings (SSSR count). The molecule has 0 amide bonds. The van der Waals surface area contributed by atoms with E-state index in [1.54, 1.807) is 0 Å². The Morgan fingerprint density at radius 1 is 0.558 bits per heavy atom. The monoisotopic (exact) mass is 824 g/mol. The van der Waals surface area contributed by atoms with Crippen LogP contribution in [0.4, 0.5) is 0 Å². The third kappa shape index (κ3) is 11.9. The Hall–Kier alpha value is -2.22. The predicted octanol–water partition coefficient (Wildman–Crippen LogP) is 15.9. The summed E-state index contributed by atoms with van der Waals surface area (Å²) >= 11 is -0.826. The first-order valence-electron chi connectivity index (χ1n) is 18.4. The van der Waals surface area contributed by atoms with Gasteiger partial charge in [0.1, 0.15) is 0 Å². The van der Waals surface area contributed by atoms with Crippen LogP contribution in [0.2, 0.25) is 13.1 Å². The maximum absolute atomic E-state index is 4.93. The summed E-state index contributed by atoms with van der Waals surface area (Å²) in [4.78, 5) is 0. The number of hydrogen-bond acceptors (Lipinski definition) is 0. The summed E-state index contributed by atoms with van der Waals surface area (Å²) < 4.78 is 0. The predicted molar refractivity (Wildman–Crippen MR) is 234 cm³/mol. The van der Waals surface area contributed by atoms with Crippen molar-refractivity contribution in [1.29, 1.82) is 0 Å². The van der Waals surface area contributed by atoms with Crippen LogP contribution in [0.25, 0.3) is 43.8 Å². The van der Waals surface area contributed by atoms with Gasteiger partial charge in [0.15, 0.2) is 0 Å². The summed E-state index contributed by atoms with van der Waals surface area (Å²) in [6.07, 6.45) is 0. The van der Waals surface area contributed by atoms with Gasteiger partial charge in [0.25, 0.3) is 0 Å². The first-order chi connectivity index (χ1) is 24.2. The zero-order chi connectivity index (χ0) is 39.0. The SMILES string of the molecule is CC(C)c1cc2c(-c3ccc(C(C)(C)C)cc3)cccc2[cH-]1.C[Si]C.Cc1cc2c(-c3cc(C(C)(C)C)cc(C(C)(C)C)c3)cccc2[cH-]1.[Cl][Zr+2][Cl]. The van der Waals surface area contributed by atoms with Crippen molar-refractivity contribution in [3.05, 3.63) is 131 Å². The summed E-state index contributed by atoms with van der Waals surface area (Å²) in [7, 11) is 11.0. The van der Waals surface area contributed by atoms with Gasteiger partial charge in [0, 0.05) is 9.52 Å². The van der Waals surface area contributed by atoms with Crippen LogP contribution in [0.15, 0.2) is 103 Å². The van der Waals surface area contributed by atoms with Crippen LogP contribution in [0.3, 0.4) is 0 Å².